The lowest BCUT2D eigenvalue weighted by atomic mass is 10.0. The summed E-state index contributed by atoms with van der Waals surface area (Å²) in [4.78, 5) is 0.791. The molecular formula is C11H15NO2S. The van der Waals surface area contributed by atoms with Crippen LogP contribution in [0.3, 0.4) is 0 Å². The van der Waals surface area contributed by atoms with Crippen molar-refractivity contribution >= 4 is 10.8 Å². The Morgan fingerprint density at radius 1 is 1.53 bits per heavy atom. The molecule has 82 valence electrons. The third kappa shape index (κ3) is 1.48. The summed E-state index contributed by atoms with van der Waals surface area (Å²) in [6.07, 6.45) is 0.825. The zero-order chi connectivity index (χ0) is 11.0. The first kappa shape index (κ1) is 10.6. The largest absolute Gasteiger partial charge is 0.495 e. The predicted molar refractivity (Wildman–Crippen MR) is 60.4 cm³/mol. The van der Waals surface area contributed by atoms with Crippen molar-refractivity contribution in [2.24, 2.45) is 5.73 Å². The maximum absolute atomic E-state index is 12.2. The van der Waals surface area contributed by atoms with E-state index in [2.05, 4.69) is 0 Å². The fourth-order valence-electron chi connectivity index (χ4n) is 2.06. The highest BCUT2D eigenvalue weighted by Crippen LogP contribution is 2.41. The number of hydrogen-bond acceptors (Lipinski definition) is 3. The number of ether oxygens (including phenoxy) is 1. The Hall–Kier alpha value is -0.870. The van der Waals surface area contributed by atoms with E-state index in [4.69, 9.17) is 10.5 Å². The van der Waals surface area contributed by atoms with Crippen LogP contribution in [0.5, 0.6) is 5.75 Å². The standard InChI is InChI=1S/C11H15NO2S/c1-3-9-10(12)7-5-4-6-8(14-2)11(7)15(9)13/h4-6,9-10H,3,12H2,1-2H3. The summed E-state index contributed by atoms with van der Waals surface area (Å²) in [6, 6.07) is 5.55. The highest BCUT2D eigenvalue weighted by atomic mass is 32.2. The van der Waals surface area contributed by atoms with Crippen molar-refractivity contribution in [3.05, 3.63) is 23.8 Å². The molecule has 15 heavy (non-hydrogen) atoms. The van der Waals surface area contributed by atoms with Crippen LogP contribution in [-0.2, 0) is 10.8 Å². The van der Waals surface area contributed by atoms with Crippen molar-refractivity contribution in [2.45, 2.75) is 29.5 Å². The van der Waals surface area contributed by atoms with Gasteiger partial charge in [-0.3, -0.25) is 4.21 Å². The number of rotatable bonds is 2. The Balaban J connectivity index is 2.56. The van der Waals surface area contributed by atoms with Gasteiger partial charge in [-0.05, 0) is 18.1 Å². The van der Waals surface area contributed by atoms with Crippen molar-refractivity contribution < 1.29 is 8.95 Å². The summed E-state index contributed by atoms with van der Waals surface area (Å²) in [5.74, 6) is 0.692. The molecule has 1 aromatic rings. The van der Waals surface area contributed by atoms with Gasteiger partial charge in [-0.2, -0.15) is 0 Å². The Morgan fingerprint density at radius 3 is 2.87 bits per heavy atom. The van der Waals surface area contributed by atoms with Crippen molar-refractivity contribution in [3.63, 3.8) is 0 Å². The van der Waals surface area contributed by atoms with E-state index in [0.29, 0.717) is 5.75 Å². The van der Waals surface area contributed by atoms with Crippen molar-refractivity contribution in [2.75, 3.05) is 7.11 Å². The molecule has 0 aromatic heterocycles. The number of fused-ring (bicyclic) bond motifs is 1. The summed E-state index contributed by atoms with van der Waals surface area (Å²) in [7, 11) is 0.568. The third-order valence-electron chi connectivity index (χ3n) is 2.87. The molecule has 2 rings (SSSR count). The van der Waals surface area contributed by atoms with Crippen molar-refractivity contribution in [1.82, 2.24) is 0 Å². The minimum absolute atomic E-state index is 0.0244. The topological polar surface area (TPSA) is 52.3 Å². The Labute approximate surface area is 92.1 Å². The minimum Gasteiger partial charge on any atom is -0.495 e. The SMILES string of the molecule is CCC1C(N)c2cccc(OC)c2S1=O. The van der Waals surface area contributed by atoms with Gasteiger partial charge in [0.25, 0.3) is 0 Å². The molecule has 0 saturated carbocycles. The van der Waals surface area contributed by atoms with E-state index in [1.54, 1.807) is 7.11 Å². The Morgan fingerprint density at radius 2 is 2.27 bits per heavy atom. The van der Waals surface area contributed by atoms with Gasteiger partial charge in [0.05, 0.1) is 28.1 Å². The fraction of sp³-hybridized carbons (Fsp3) is 0.455. The lowest BCUT2D eigenvalue weighted by molar-refractivity contribution is 0.403. The molecule has 0 fully saturated rings. The molecule has 4 heteroatoms. The first-order valence-electron chi connectivity index (χ1n) is 5.03. The first-order chi connectivity index (χ1) is 7.20. The maximum atomic E-state index is 12.2. The van der Waals surface area contributed by atoms with E-state index >= 15 is 0 Å². The summed E-state index contributed by atoms with van der Waals surface area (Å²) >= 11 is 0. The van der Waals surface area contributed by atoms with E-state index < -0.39 is 10.8 Å². The first-order valence-corrected chi connectivity index (χ1v) is 6.25. The molecule has 1 aliphatic heterocycles. The second-order valence-corrected chi connectivity index (χ2v) is 5.26. The summed E-state index contributed by atoms with van der Waals surface area (Å²) < 4.78 is 17.4. The molecule has 2 N–H and O–H groups in total. The molecule has 0 bridgehead atoms. The summed E-state index contributed by atoms with van der Waals surface area (Å²) in [5, 5.41) is 0.0244. The van der Waals surface area contributed by atoms with Gasteiger partial charge in [0, 0.05) is 6.04 Å². The second-order valence-electron chi connectivity index (χ2n) is 3.65. The Bertz CT molecular complexity index is 406. The van der Waals surface area contributed by atoms with E-state index in [0.717, 1.165) is 16.9 Å². The van der Waals surface area contributed by atoms with Crippen LogP contribution >= 0.6 is 0 Å². The smallest absolute Gasteiger partial charge is 0.135 e. The average Bonchev–Trinajstić information content (AvgIpc) is 2.51. The second kappa shape index (κ2) is 3.94. The van der Waals surface area contributed by atoms with Crippen LogP contribution < -0.4 is 10.5 Å². The van der Waals surface area contributed by atoms with Crippen LogP contribution in [0.2, 0.25) is 0 Å². The lowest BCUT2D eigenvalue weighted by Gasteiger charge is -2.10. The molecule has 1 aromatic carbocycles. The molecular weight excluding hydrogens is 210 g/mol. The van der Waals surface area contributed by atoms with Gasteiger partial charge in [-0.1, -0.05) is 19.1 Å². The van der Waals surface area contributed by atoms with Crippen LogP contribution in [0.4, 0.5) is 0 Å². The van der Waals surface area contributed by atoms with Crippen LogP contribution in [0.1, 0.15) is 24.9 Å². The van der Waals surface area contributed by atoms with E-state index in [1.807, 2.05) is 25.1 Å². The zero-order valence-electron chi connectivity index (χ0n) is 8.90. The number of nitrogens with two attached hydrogens (primary N) is 1. The molecule has 1 heterocycles. The number of methoxy groups -OCH3 is 1. The van der Waals surface area contributed by atoms with Crippen molar-refractivity contribution in [1.29, 1.82) is 0 Å². The van der Waals surface area contributed by atoms with Gasteiger partial charge in [-0.25, -0.2) is 0 Å². The molecule has 3 atom stereocenters. The molecule has 0 saturated heterocycles. The summed E-state index contributed by atoms with van der Waals surface area (Å²) in [6.45, 7) is 2.01. The van der Waals surface area contributed by atoms with Crippen molar-refractivity contribution in [3.8, 4) is 5.75 Å². The molecule has 0 amide bonds. The lowest BCUT2D eigenvalue weighted by Crippen LogP contribution is -2.22. The highest BCUT2D eigenvalue weighted by Gasteiger charge is 2.37. The number of hydrogen-bond donors (Lipinski definition) is 1. The average molecular weight is 225 g/mol. The predicted octanol–water partition coefficient (Wildman–Crippen LogP) is 1.59. The van der Waals surface area contributed by atoms with Crippen LogP contribution in [0, 0.1) is 0 Å². The van der Waals surface area contributed by atoms with Crippen LogP contribution in [0.25, 0.3) is 0 Å². The van der Waals surface area contributed by atoms with E-state index in [9.17, 15) is 4.21 Å². The molecule has 3 unspecified atom stereocenters. The van der Waals surface area contributed by atoms with Gasteiger partial charge < -0.3 is 10.5 Å². The molecule has 0 spiro atoms. The third-order valence-corrected chi connectivity index (χ3v) is 4.88. The Kier molecular flexibility index (Phi) is 2.80. The van der Waals surface area contributed by atoms with Gasteiger partial charge in [-0.15, -0.1) is 0 Å². The quantitative estimate of drug-likeness (QED) is 0.831. The monoisotopic (exact) mass is 225 g/mol. The van der Waals surface area contributed by atoms with E-state index in [1.165, 1.54) is 0 Å². The zero-order valence-corrected chi connectivity index (χ0v) is 9.71. The minimum atomic E-state index is -1.03. The van der Waals surface area contributed by atoms with E-state index in [-0.39, 0.29) is 11.3 Å². The molecule has 3 nitrogen and oxygen atoms in total. The van der Waals surface area contributed by atoms with Gasteiger partial charge in [0.2, 0.25) is 0 Å². The molecule has 0 aliphatic carbocycles. The normalized spacial score (nSPS) is 28.9. The van der Waals surface area contributed by atoms with Gasteiger partial charge >= 0.3 is 0 Å². The molecule has 0 radical (unpaired) electrons. The summed E-state index contributed by atoms with van der Waals surface area (Å²) in [5.41, 5.74) is 7.04. The molecule has 1 aliphatic rings. The highest BCUT2D eigenvalue weighted by molar-refractivity contribution is 7.86. The fourth-order valence-corrected chi connectivity index (χ4v) is 3.87. The van der Waals surface area contributed by atoms with Gasteiger partial charge in [0.15, 0.2) is 0 Å². The van der Waals surface area contributed by atoms with Crippen LogP contribution in [-0.4, -0.2) is 16.6 Å². The number of benzene rings is 1. The maximum Gasteiger partial charge on any atom is 0.135 e. The van der Waals surface area contributed by atoms with Crippen LogP contribution in [0.15, 0.2) is 23.1 Å². The van der Waals surface area contributed by atoms with Gasteiger partial charge in [0.1, 0.15) is 5.75 Å².